The zero-order valence-corrected chi connectivity index (χ0v) is 18.0. The molecule has 3 aromatic rings. The van der Waals surface area contributed by atoms with Gasteiger partial charge >= 0.3 is 5.97 Å². The van der Waals surface area contributed by atoms with Crippen LogP contribution in [0.15, 0.2) is 48.5 Å². The molecule has 1 saturated carbocycles. The Balaban J connectivity index is 1.69. The van der Waals surface area contributed by atoms with Gasteiger partial charge in [-0.3, -0.25) is 4.79 Å². The number of carboxylic acid groups (broad SMARTS) is 1. The van der Waals surface area contributed by atoms with Crippen molar-refractivity contribution in [2.24, 2.45) is 0 Å². The third kappa shape index (κ3) is 5.64. The van der Waals surface area contributed by atoms with Crippen molar-refractivity contribution in [3.8, 4) is 22.5 Å². The van der Waals surface area contributed by atoms with Crippen LogP contribution in [0.25, 0.3) is 22.5 Å². The number of hydrogen-bond donors (Lipinski definition) is 3. The minimum Gasteiger partial charge on any atom is -0.481 e. The Morgan fingerprint density at radius 1 is 0.970 bits per heavy atom. The highest BCUT2D eigenvalue weighted by molar-refractivity contribution is 5.79. The second kappa shape index (κ2) is 9.80. The second-order valence-electron chi connectivity index (χ2n) is 8.54. The van der Waals surface area contributed by atoms with Crippen LogP contribution in [0.1, 0.15) is 43.8 Å². The zero-order valence-electron chi connectivity index (χ0n) is 18.0. The Labute approximate surface area is 190 Å². The number of rotatable bonds is 10. The van der Waals surface area contributed by atoms with Crippen LogP contribution in [0.3, 0.4) is 0 Å². The molecule has 0 saturated heterocycles. The summed E-state index contributed by atoms with van der Waals surface area (Å²) in [4.78, 5) is 15.7. The van der Waals surface area contributed by atoms with Crippen LogP contribution in [0.4, 0.5) is 8.78 Å². The Morgan fingerprint density at radius 3 is 2.09 bits per heavy atom. The van der Waals surface area contributed by atoms with E-state index in [-0.39, 0.29) is 30.4 Å². The van der Waals surface area contributed by atoms with Crippen LogP contribution in [0.5, 0.6) is 0 Å². The van der Waals surface area contributed by atoms with Crippen molar-refractivity contribution in [1.29, 1.82) is 0 Å². The Bertz CT molecular complexity index is 1110. The van der Waals surface area contributed by atoms with Gasteiger partial charge in [0.15, 0.2) is 0 Å². The number of nitrogens with zero attached hydrogens (tertiary/aromatic N) is 2. The first-order valence-electron chi connectivity index (χ1n) is 11.0. The number of aromatic nitrogens is 2. The highest BCUT2D eigenvalue weighted by Gasteiger charge is 2.32. The molecule has 0 aliphatic heterocycles. The third-order valence-corrected chi connectivity index (χ3v) is 5.82. The maximum absolute atomic E-state index is 13.6. The number of aliphatic hydroxyl groups excluding tert-OH is 2. The quantitative estimate of drug-likeness (QED) is 0.422. The molecule has 33 heavy (non-hydrogen) atoms. The molecule has 0 bridgehead atoms. The van der Waals surface area contributed by atoms with Gasteiger partial charge in [0.25, 0.3) is 0 Å². The maximum atomic E-state index is 13.6. The molecule has 0 amide bonds. The van der Waals surface area contributed by atoms with Crippen LogP contribution in [0.2, 0.25) is 0 Å². The molecule has 1 aliphatic rings. The number of carbonyl (C=O) groups is 1. The number of benzene rings is 2. The fraction of sp³-hybridized carbons (Fsp3) is 0.360. The number of hydrogen-bond acceptors (Lipinski definition) is 4. The van der Waals surface area contributed by atoms with Crippen molar-refractivity contribution >= 4 is 5.97 Å². The molecule has 6 nitrogen and oxygen atoms in total. The second-order valence-corrected chi connectivity index (χ2v) is 8.54. The molecule has 2 atom stereocenters. The molecule has 8 heteroatoms. The van der Waals surface area contributed by atoms with Crippen molar-refractivity contribution in [3.63, 3.8) is 0 Å². The first kappa shape index (κ1) is 23.1. The van der Waals surface area contributed by atoms with Gasteiger partial charge in [-0.2, -0.15) is 0 Å². The predicted octanol–water partition coefficient (Wildman–Crippen LogP) is 4.35. The van der Waals surface area contributed by atoms with E-state index >= 15 is 0 Å². The highest BCUT2D eigenvalue weighted by Crippen LogP contribution is 2.44. The fourth-order valence-electron chi connectivity index (χ4n) is 4.05. The summed E-state index contributed by atoms with van der Waals surface area (Å²) in [7, 11) is 0. The van der Waals surface area contributed by atoms with Crippen molar-refractivity contribution in [2.75, 3.05) is 0 Å². The molecule has 174 valence electrons. The summed E-state index contributed by atoms with van der Waals surface area (Å²) in [6, 6.07) is 12.1. The SMILES string of the molecule is O=C(O)CC(O)CC(O)CCn1c(C2CC2)nc(-c2ccc(F)cc2)c1-c1ccc(F)cc1. The minimum atomic E-state index is -1.13. The van der Waals surface area contributed by atoms with E-state index in [2.05, 4.69) is 0 Å². The van der Waals surface area contributed by atoms with Gasteiger partial charge in [0.1, 0.15) is 17.5 Å². The summed E-state index contributed by atoms with van der Waals surface area (Å²) in [5, 5.41) is 29.1. The Kier molecular flexibility index (Phi) is 6.85. The molecule has 1 aliphatic carbocycles. The van der Waals surface area contributed by atoms with Gasteiger partial charge in [-0.15, -0.1) is 0 Å². The van der Waals surface area contributed by atoms with Gasteiger partial charge in [-0.05, 0) is 74.2 Å². The highest BCUT2D eigenvalue weighted by atomic mass is 19.1. The Morgan fingerprint density at radius 2 is 1.55 bits per heavy atom. The molecule has 1 heterocycles. The van der Waals surface area contributed by atoms with Crippen molar-refractivity contribution in [1.82, 2.24) is 9.55 Å². The van der Waals surface area contributed by atoms with Gasteiger partial charge in [-0.25, -0.2) is 13.8 Å². The van der Waals surface area contributed by atoms with E-state index in [1.165, 1.54) is 24.3 Å². The van der Waals surface area contributed by atoms with E-state index in [0.717, 1.165) is 35.5 Å². The molecule has 0 radical (unpaired) electrons. The fourth-order valence-corrected chi connectivity index (χ4v) is 4.05. The maximum Gasteiger partial charge on any atom is 0.305 e. The van der Waals surface area contributed by atoms with Crippen molar-refractivity contribution in [2.45, 2.75) is 56.8 Å². The van der Waals surface area contributed by atoms with E-state index < -0.39 is 24.6 Å². The van der Waals surface area contributed by atoms with Crippen molar-refractivity contribution < 1.29 is 28.9 Å². The lowest BCUT2D eigenvalue weighted by molar-refractivity contribution is -0.139. The molecular weight excluding hydrogens is 430 g/mol. The van der Waals surface area contributed by atoms with E-state index in [1.807, 2.05) is 4.57 Å². The van der Waals surface area contributed by atoms with Gasteiger partial charge in [0.2, 0.25) is 0 Å². The first-order valence-corrected chi connectivity index (χ1v) is 11.0. The summed E-state index contributed by atoms with van der Waals surface area (Å²) >= 11 is 0. The number of carboxylic acids is 1. The number of aliphatic carboxylic acids is 1. The summed E-state index contributed by atoms with van der Waals surface area (Å²) in [5.74, 6) is -0.715. The number of aliphatic hydroxyl groups is 2. The summed E-state index contributed by atoms with van der Waals surface area (Å²) < 4.78 is 29.2. The molecule has 2 aromatic carbocycles. The van der Waals surface area contributed by atoms with Crippen LogP contribution >= 0.6 is 0 Å². The monoisotopic (exact) mass is 456 g/mol. The third-order valence-electron chi connectivity index (χ3n) is 5.82. The summed E-state index contributed by atoms with van der Waals surface area (Å²) in [5.41, 5.74) is 2.88. The van der Waals surface area contributed by atoms with Crippen LogP contribution < -0.4 is 0 Å². The lowest BCUT2D eigenvalue weighted by Crippen LogP contribution is -2.22. The number of halogens is 2. The van der Waals surface area contributed by atoms with Crippen LogP contribution in [0, 0.1) is 11.6 Å². The van der Waals surface area contributed by atoms with Gasteiger partial charge < -0.3 is 19.9 Å². The average molecular weight is 456 g/mol. The van der Waals surface area contributed by atoms with Crippen LogP contribution in [-0.4, -0.2) is 43.0 Å². The molecule has 4 rings (SSSR count). The van der Waals surface area contributed by atoms with E-state index in [9.17, 15) is 23.8 Å². The van der Waals surface area contributed by atoms with Gasteiger partial charge in [0.05, 0.1) is 30.0 Å². The molecular formula is C25H26F2N2O4. The molecule has 1 fully saturated rings. The first-order chi connectivity index (χ1) is 15.8. The topological polar surface area (TPSA) is 95.6 Å². The molecule has 2 unspecified atom stereocenters. The lowest BCUT2D eigenvalue weighted by Gasteiger charge is -2.17. The normalized spacial score (nSPS) is 15.4. The smallest absolute Gasteiger partial charge is 0.305 e. The van der Waals surface area contributed by atoms with E-state index in [1.54, 1.807) is 24.3 Å². The Hall–Kier alpha value is -3.10. The van der Waals surface area contributed by atoms with E-state index in [4.69, 9.17) is 10.1 Å². The van der Waals surface area contributed by atoms with E-state index in [0.29, 0.717) is 12.2 Å². The van der Waals surface area contributed by atoms with Crippen LogP contribution in [-0.2, 0) is 11.3 Å². The largest absolute Gasteiger partial charge is 0.481 e. The predicted molar refractivity (Wildman–Crippen MR) is 118 cm³/mol. The molecule has 3 N–H and O–H groups in total. The average Bonchev–Trinajstić information content (AvgIpc) is 3.53. The van der Waals surface area contributed by atoms with Crippen molar-refractivity contribution in [3.05, 3.63) is 66.0 Å². The summed E-state index contributed by atoms with van der Waals surface area (Å²) in [6.07, 6.45) is -0.241. The zero-order chi connectivity index (χ0) is 23.5. The summed E-state index contributed by atoms with van der Waals surface area (Å²) in [6.45, 7) is 0.383. The minimum absolute atomic E-state index is 0.0452. The molecule has 1 aromatic heterocycles. The lowest BCUT2D eigenvalue weighted by atomic mass is 10.0. The van der Waals surface area contributed by atoms with Gasteiger partial charge in [0, 0.05) is 23.6 Å². The standard InChI is InChI=1S/C25H26F2N2O4/c26-18-7-3-15(4-8-18)23-24(16-5-9-19(27)10-6-16)29(25(28-23)17-1-2-17)12-11-20(30)13-21(31)14-22(32)33/h3-10,17,20-21,30-31H,1-2,11-14H2,(H,32,33). The molecule has 0 spiro atoms. The van der Waals surface area contributed by atoms with Gasteiger partial charge in [-0.1, -0.05) is 0 Å². The number of imidazole rings is 1.